The van der Waals surface area contributed by atoms with Crippen molar-refractivity contribution in [3.63, 3.8) is 0 Å². The first-order valence-corrected chi connectivity index (χ1v) is 16.6. The Balaban J connectivity index is 1.31. The van der Waals surface area contributed by atoms with Crippen LogP contribution in [0.5, 0.6) is 0 Å². The molecule has 3 aliphatic rings. The summed E-state index contributed by atoms with van der Waals surface area (Å²) in [6.45, 7) is 4.94. The Morgan fingerprint density at radius 1 is 0.951 bits per heavy atom. The molecule has 0 aliphatic carbocycles. The Bertz CT molecular complexity index is 1180. The number of esters is 1. The van der Waals surface area contributed by atoms with Crippen molar-refractivity contribution in [2.45, 2.75) is 74.8 Å². The van der Waals surface area contributed by atoms with Crippen molar-refractivity contribution in [1.29, 1.82) is 0 Å². The van der Waals surface area contributed by atoms with E-state index in [0.29, 0.717) is 31.8 Å². The van der Waals surface area contributed by atoms with Gasteiger partial charge in [0.1, 0.15) is 12.1 Å². The molecule has 0 bridgehead atoms. The predicted octanol–water partition coefficient (Wildman–Crippen LogP) is 3.31. The monoisotopic (exact) mass is 630 g/mol. The number of hydrogen-bond acceptors (Lipinski definition) is 7. The summed E-state index contributed by atoms with van der Waals surface area (Å²) in [5.74, 6) is -0.763. The van der Waals surface area contributed by atoms with E-state index in [0.717, 1.165) is 23.7 Å². The largest absolute Gasteiger partial charge is 0.467 e. The van der Waals surface area contributed by atoms with Crippen LogP contribution in [0.4, 0.5) is 0 Å². The molecule has 1 aromatic rings. The van der Waals surface area contributed by atoms with Gasteiger partial charge in [-0.25, -0.2) is 13.2 Å². The van der Waals surface area contributed by atoms with E-state index in [1.807, 2.05) is 4.90 Å². The second-order valence-corrected chi connectivity index (χ2v) is 14.0. The number of methoxy groups -OCH3 is 1. The molecule has 1 N–H and O–H groups in total. The molecule has 0 radical (unpaired) electrons. The number of halogens is 2. The summed E-state index contributed by atoms with van der Waals surface area (Å²) in [6.07, 6.45) is 6.67. The first kappa shape index (κ1) is 32.0. The van der Waals surface area contributed by atoms with Gasteiger partial charge in [0, 0.05) is 42.6 Å². The SMILES string of the molecule is COC(=O)[C@H](CCC(=O)N1CCC(CN2CCCCC2)CC1)NC(=O)[C@@H]1CCCN1S(=O)(=O)c1cc(Cl)cc(Cl)c1. The third-order valence-electron chi connectivity index (χ3n) is 8.33. The van der Waals surface area contributed by atoms with Crippen molar-refractivity contribution < 1.29 is 27.5 Å². The van der Waals surface area contributed by atoms with Gasteiger partial charge in [0.25, 0.3) is 0 Å². The fraction of sp³-hybridized carbons (Fsp3) is 0.679. The minimum atomic E-state index is -4.07. The van der Waals surface area contributed by atoms with E-state index >= 15 is 0 Å². The van der Waals surface area contributed by atoms with Crippen LogP contribution in [-0.2, 0) is 29.1 Å². The lowest BCUT2D eigenvalue weighted by Gasteiger charge is -2.36. The molecule has 13 heteroatoms. The summed E-state index contributed by atoms with van der Waals surface area (Å²) in [4.78, 5) is 43.1. The second-order valence-electron chi connectivity index (χ2n) is 11.2. The van der Waals surface area contributed by atoms with E-state index in [1.165, 1.54) is 57.7 Å². The summed E-state index contributed by atoms with van der Waals surface area (Å²) in [5.41, 5.74) is 0. The van der Waals surface area contributed by atoms with Crippen LogP contribution in [0.1, 0.15) is 57.8 Å². The van der Waals surface area contributed by atoms with Crippen LogP contribution in [-0.4, -0.2) is 98.8 Å². The van der Waals surface area contributed by atoms with Gasteiger partial charge in [0.2, 0.25) is 21.8 Å². The quantitative estimate of drug-likeness (QED) is 0.394. The van der Waals surface area contributed by atoms with Crippen molar-refractivity contribution in [2.75, 3.05) is 46.4 Å². The van der Waals surface area contributed by atoms with E-state index in [9.17, 15) is 22.8 Å². The minimum absolute atomic E-state index is 0.0625. The molecule has 3 heterocycles. The van der Waals surface area contributed by atoms with Crippen molar-refractivity contribution in [1.82, 2.24) is 19.4 Å². The second kappa shape index (κ2) is 14.5. The third kappa shape index (κ3) is 8.34. The molecule has 4 rings (SSSR count). The van der Waals surface area contributed by atoms with Crippen LogP contribution in [0.15, 0.2) is 23.1 Å². The number of rotatable bonds is 10. The lowest BCUT2D eigenvalue weighted by Crippen LogP contribution is -2.51. The number of hydrogen-bond donors (Lipinski definition) is 1. The van der Waals surface area contributed by atoms with E-state index in [-0.39, 0.29) is 40.2 Å². The first-order chi connectivity index (χ1) is 19.6. The lowest BCUT2D eigenvalue weighted by atomic mass is 9.95. The molecule has 2 amide bonds. The average molecular weight is 632 g/mol. The fourth-order valence-corrected chi connectivity index (χ4v) is 8.44. The highest BCUT2D eigenvalue weighted by Gasteiger charge is 2.41. The van der Waals surface area contributed by atoms with Crippen LogP contribution < -0.4 is 5.32 Å². The van der Waals surface area contributed by atoms with Gasteiger partial charge < -0.3 is 19.9 Å². The zero-order valence-electron chi connectivity index (χ0n) is 23.5. The van der Waals surface area contributed by atoms with Gasteiger partial charge >= 0.3 is 5.97 Å². The Hall–Kier alpha value is -1.92. The maximum absolute atomic E-state index is 13.3. The van der Waals surface area contributed by atoms with Crippen LogP contribution in [0.25, 0.3) is 0 Å². The van der Waals surface area contributed by atoms with Gasteiger partial charge in [-0.1, -0.05) is 29.6 Å². The van der Waals surface area contributed by atoms with Gasteiger partial charge in [-0.2, -0.15) is 4.31 Å². The summed E-state index contributed by atoms with van der Waals surface area (Å²) in [7, 11) is -2.86. The van der Waals surface area contributed by atoms with E-state index < -0.39 is 34.0 Å². The molecule has 228 valence electrons. The number of amides is 2. The molecular formula is C28H40Cl2N4O6S. The van der Waals surface area contributed by atoms with Crippen molar-refractivity contribution in [3.05, 3.63) is 28.2 Å². The highest BCUT2D eigenvalue weighted by molar-refractivity contribution is 7.89. The van der Waals surface area contributed by atoms with Crippen molar-refractivity contribution >= 4 is 51.0 Å². The van der Waals surface area contributed by atoms with E-state index in [1.54, 1.807) is 0 Å². The number of nitrogens with one attached hydrogen (secondary N) is 1. The molecule has 3 aliphatic heterocycles. The first-order valence-electron chi connectivity index (χ1n) is 14.4. The molecule has 1 aromatic carbocycles. The molecule has 0 saturated carbocycles. The zero-order chi connectivity index (χ0) is 29.6. The molecule has 0 aromatic heterocycles. The molecular weight excluding hydrogens is 591 g/mol. The standard InChI is InChI=1S/C28H40Cl2N4O6S/c1-40-28(37)24(7-8-26(35)33-14-9-20(10-15-33)19-32-11-3-2-4-12-32)31-27(36)25-6-5-13-34(25)41(38,39)23-17-21(29)16-22(30)18-23/h16-18,20,24-25H,2-15,19H2,1H3,(H,31,36)/t24-,25-/m0/s1. The van der Waals surface area contributed by atoms with Crippen LogP contribution >= 0.6 is 23.2 Å². The normalized spacial score (nSPS) is 21.9. The summed E-state index contributed by atoms with van der Waals surface area (Å²) < 4.78 is 32.7. The zero-order valence-corrected chi connectivity index (χ0v) is 25.9. The maximum atomic E-state index is 13.3. The minimum Gasteiger partial charge on any atom is -0.467 e. The maximum Gasteiger partial charge on any atom is 0.328 e. The van der Waals surface area contributed by atoms with E-state index in [2.05, 4.69) is 10.2 Å². The number of nitrogens with zero attached hydrogens (tertiary/aromatic N) is 3. The Labute approximate surface area is 252 Å². The number of carbonyl (C=O) groups excluding carboxylic acids is 3. The summed E-state index contributed by atoms with van der Waals surface area (Å²) >= 11 is 12.0. The number of benzene rings is 1. The fourth-order valence-electron chi connectivity index (χ4n) is 6.06. The van der Waals surface area contributed by atoms with Crippen LogP contribution in [0.2, 0.25) is 10.0 Å². The highest BCUT2D eigenvalue weighted by atomic mass is 35.5. The van der Waals surface area contributed by atoms with Crippen LogP contribution in [0, 0.1) is 5.92 Å². The smallest absolute Gasteiger partial charge is 0.328 e. The highest BCUT2D eigenvalue weighted by Crippen LogP contribution is 2.30. The topological polar surface area (TPSA) is 116 Å². The van der Waals surface area contributed by atoms with Gasteiger partial charge in [-0.05, 0) is 82.2 Å². The Morgan fingerprint density at radius 3 is 2.24 bits per heavy atom. The molecule has 3 saturated heterocycles. The van der Waals surface area contributed by atoms with Gasteiger partial charge in [-0.15, -0.1) is 0 Å². The molecule has 0 unspecified atom stereocenters. The lowest BCUT2D eigenvalue weighted by molar-refractivity contribution is -0.146. The third-order valence-corrected chi connectivity index (χ3v) is 10.7. The molecule has 41 heavy (non-hydrogen) atoms. The molecule has 3 fully saturated rings. The van der Waals surface area contributed by atoms with Crippen LogP contribution in [0.3, 0.4) is 0 Å². The van der Waals surface area contributed by atoms with Gasteiger partial charge in [-0.3, -0.25) is 9.59 Å². The number of sulfonamides is 1. The van der Waals surface area contributed by atoms with Gasteiger partial charge in [0.05, 0.1) is 12.0 Å². The predicted molar refractivity (Wildman–Crippen MR) is 156 cm³/mol. The number of piperidine rings is 2. The van der Waals surface area contributed by atoms with E-state index in [4.69, 9.17) is 27.9 Å². The average Bonchev–Trinajstić information content (AvgIpc) is 3.46. The summed E-state index contributed by atoms with van der Waals surface area (Å²) in [5, 5.41) is 2.98. The summed E-state index contributed by atoms with van der Waals surface area (Å²) in [6, 6.07) is 1.92. The molecule has 2 atom stereocenters. The number of carbonyl (C=O) groups is 3. The number of likely N-dealkylation sites (tertiary alicyclic amines) is 2. The Kier molecular flexibility index (Phi) is 11.3. The van der Waals surface area contributed by atoms with Gasteiger partial charge in [0.15, 0.2) is 0 Å². The molecule has 0 spiro atoms. The number of ether oxygens (including phenoxy) is 1. The molecule has 10 nitrogen and oxygen atoms in total. The van der Waals surface area contributed by atoms with Crippen molar-refractivity contribution in [2.24, 2.45) is 5.92 Å². The van der Waals surface area contributed by atoms with Crippen molar-refractivity contribution in [3.8, 4) is 0 Å². The Morgan fingerprint density at radius 2 is 1.61 bits per heavy atom.